The van der Waals surface area contributed by atoms with Crippen LogP contribution in [-0.2, 0) is 4.74 Å². The van der Waals surface area contributed by atoms with Crippen molar-refractivity contribution in [2.24, 2.45) is 5.73 Å². The summed E-state index contributed by atoms with van der Waals surface area (Å²) in [5, 5.41) is 3.50. The molecule has 0 radical (unpaired) electrons. The molecule has 1 saturated heterocycles. The highest BCUT2D eigenvalue weighted by Gasteiger charge is 2.17. The fraction of sp³-hybridized carbons (Fsp3) is 0.462. The van der Waals surface area contributed by atoms with E-state index in [4.69, 9.17) is 22.7 Å². The number of nitrogens with two attached hydrogens (primary N) is 1. The maximum Gasteiger partial charge on any atom is 0.107 e. The molecule has 1 atom stereocenters. The topological polar surface area (TPSA) is 47.3 Å². The van der Waals surface area contributed by atoms with Crippen molar-refractivity contribution in [3.05, 3.63) is 23.8 Å². The molecule has 1 aliphatic heterocycles. The molecule has 1 aromatic carbocycles. The van der Waals surface area contributed by atoms with E-state index < -0.39 is 0 Å². The number of thioether (sulfide) groups is 1. The summed E-state index contributed by atoms with van der Waals surface area (Å²) in [5.41, 5.74) is 7.81. The first kappa shape index (κ1) is 13.6. The Bertz CT molecular complexity index is 431. The van der Waals surface area contributed by atoms with Crippen LogP contribution in [0.5, 0.6) is 0 Å². The summed E-state index contributed by atoms with van der Waals surface area (Å²) in [6.45, 7) is 1.62. The van der Waals surface area contributed by atoms with Crippen LogP contribution in [0, 0.1) is 0 Å². The lowest BCUT2D eigenvalue weighted by atomic mass is 10.1. The van der Waals surface area contributed by atoms with Gasteiger partial charge < -0.3 is 15.8 Å². The largest absolute Gasteiger partial charge is 0.389 e. The van der Waals surface area contributed by atoms with Crippen LogP contribution in [0.3, 0.4) is 0 Å². The first-order chi connectivity index (χ1) is 8.72. The molecule has 3 nitrogen and oxygen atoms in total. The summed E-state index contributed by atoms with van der Waals surface area (Å²) in [5.74, 6) is 0. The third kappa shape index (κ3) is 3.16. The summed E-state index contributed by atoms with van der Waals surface area (Å²) in [7, 11) is 0. The van der Waals surface area contributed by atoms with Gasteiger partial charge >= 0.3 is 0 Å². The van der Waals surface area contributed by atoms with Crippen molar-refractivity contribution in [3.63, 3.8) is 0 Å². The molecule has 1 fully saturated rings. The number of hydrogen-bond acceptors (Lipinski definition) is 4. The Kier molecular flexibility index (Phi) is 4.86. The Balaban J connectivity index is 2.23. The number of rotatable bonds is 4. The van der Waals surface area contributed by atoms with Gasteiger partial charge in [0.1, 0.15) is 4.99 Å². The molecule has 0 aliphatic carbocycles. The number of thiocarbonyl (C=S) groups is 1. The van der Waals surface area contributed by atoms with Gasteiger partial charge in [-0.2, -0.15) is 0 Å². The Morgan fingerprint density at radius 2 is 2.39 bits per heavy atom. The average molecular weight is 282 g/mol. The van der Waals surface area contributed by atoms with Gasteiger partial charge in [0.25, 0.3) is 0 Å². The van der Waals surface area contributed by atoms with Gasteiger partial charge in [0.2, 0.25) is 0 Å². The number of anilines is 1. The lowest BCUT2D eigenvalue weighted by Crippen LogP contribution is -2.31. The van der Waals surface area contributed by atoms with E-state index in [1.54, 1.807) is 11.8 Å². The van der Waals surface area contributed by atoms with E-state index in [1.807, 2.05) is 24.5 Å². The molecule has 18 heavy (non-hydrogen) atoms. The molecule has 1 heterocycles. The van der Waals surface area contributed by atoms with Crippen molar-refractivity contribution < 1.29 is 4.74 Å². The fourth-order valence-electron chi connectivity index (χ4n) is 2.15. The molecule has 2 rings (SSSR count). The minimum atomic E-state index is 0.351. The quantitative estimate of drug-likeness (QED) is 0.657. The predicted molar refractivity (Wildman–Crippen MR) is 81.6 cm³/mol. The molecule has 98 valence electrons. The number of nitrogens with one attached hydrogen (secondary N) is 1. The zero-order valence-electron chi connectivity index (χ0n) is 10.4. The van der Waals surface area contributed by atoms with Crippen LogP contribution < -0.4 is 11.1 Å². The van der Waals surface area contributed by atoms with Crippen LogP contribution in [0.2, 0.25) is 0 Å². The number of ether oxygens (including phenoxy) is 1. The molecule has 0 spiro atoms. The molecule has 1 aliphatic rings. The van der Waals surface area contributed by atoms with Gasteiger partial charge in [0, 0.05) is 28.8 Å². The third-order valence-corrected chi connectivity index (χ3v) is 4.00. The minimum absolute atomic E-state index is 0.351. The monoisotopic (exact) mass is 282 g/mol. The van der Waals surface area contributed by atoms with E-state index >= 15 is 0 Å². The molecule has 1 aromatic rings. The van der Waals surface area contributed by atoms with Crippen LogP contribution in [0.4, 0.5) is 5.69 Å². The zero-order chi connectivity index (χ0) is 13.0. The second-order valence-corrected chi connectivity index (χ2v) is 5.59. The smallest absolute Gasteiger partial charge is 0.107 e. The highest BCUT2D eigenvalue weighted by Crippen LogP contribution is 2.28. The van der Waals surface area contributed by atoms with Crippen LogP contribution in [0.15, 0.2) is 23.1 Å². The maximum atomic E-state index is 5.84. The molecule has 3 N–H and O–H groups in total. The fourth-order valence-corrected chi connectivity index (χ4v) is 3.07. The van der Waals surface area contributed by atoms with E-state index in [-0.39, 0.29) is 0 Å². The highest BCUT2D eigenvalue weighted by molar-refractivity contribution is 7.98. The van der Waals surface area contributed by atoms with E-state index in [9.17, 15) is 0 Å². The third-order valence-electron chi connectivity index (χ3n) is 3.01. The number of benzene rings is 1. The van der Waals surface area contributed by atoms with Crippen LogP contribution in [0.1, 0.15) is 18.4 Å². The van der Waals surface area contributed by atoms with E-state index in [0.29, 0.717) is 11.0 Å². The van der Waals surface area contributed by atoms with E-state index in [2.05, 4.69) is 5.32 Å². The van der Waals surface area contributed by atoms with Gasteiger partial charge in [0.15, 0.2) is 0 Å². The van der Waals surface area contributed by atoms with Crippen molar-refractivity contribution in [2.45, 2.75) is 23.8 Å². The SMILES string of the molecule is CSc1cccc(NC2CCCOC2)c1C(N)=S. The lowest BCUT2D eigenvalue weighted by molar-refractivity contribution is 0.0876. The van der Waals surface area contributed by atoms with E-state index in [0.717, 1.165) is 42.2 Å². The van der Waals surface area contributed by atoms with Crippen molar-refractivity contribution in [2.75, 3.05) is 24.8 Å². The summed E-state index contributed by atoms with van der Waals surface area (Å²) >= 11 is 6.83. The Morgan fingerprint density at radius 1 is 1.56 bits per heavy atom. The molecule has 0 amide bonds. The van der Waals surface area contributed by atoms with Gasteiger partial charge in [-0.25, -0.2) is 0 Å². The summed E-state index contributed by atoms with van der Waals surface area (Å²) in [6.07, 6.45) is 4.26. The first-order valence-corrected chi connectivity index (χ1v) is 7.66. The van der Waals surface area contributed by atoms with Crippen LogP contribution in [0.25, 0.3) is 0 Å². The van der Waals surface area contributed by atoms with Crippen LogP contribution in [-0.4, -0.2) is 30.5 Å². The lowest BCUT2D eigenvalue weighted by Gasteiger charge is -2.25. The molecule has 0 bridgehead atoms. The second-order valence-electron chi connectivity index (χ2n) is 4.31. The second kappa shape index (κ2) is 6.41. The average Bonchev–Trinajstić information content (AvgIpc) is 2.39. The summed E-state index contributed by atoms with van der Waals surface area (Å²) in [4.78, 5) is 1.56. The first-order valence-electron chi connectivity index (χ1n) is 6.03. The standard InChI is InChI=1S/C13H18N2OS2/c1-18-11-6-2-5-10(12(11)13(14)17)15-9-4-3-7-16-8-9/h2,5-6,9,15H,3-4,7-8H2,1H3,(H2,14,17). The molecule has 0 aromatic heterocycles. The van der Waals surface area contributed by atoms with Gasteiger partial charge in [-0.15, -0.1) is 11.8 Å². The normalized spacial score (nSPS) is 19.5. The van der Waals surface area contributed by atoms with Gasteiger partial charge in [-0.1, -0.05) is 18.3 Å². The highest BCUT2D eigenvalue weighted by atomic mass is 32.2. The van der Waals surface area contributed by atoms with E-state index in [1.165, 1.54) is 0 Å². The van der Waals surface area contributed by atoms with Gasteiger partial charge in [-0.05, 0) is 31.2 Å². The minimum Gasteiger partial charge on any atom is -0.389 e. The Morgan fingerprint density at radius 3 is 3.00 bits per heavy atom. The molecular weight excluding hydrogens is 264 g/mol. The summed E-state index contributed by atoms with van der Waals surface area (Å²) in [6, 6.07) is 6.45. The molecule has 5 heteroatoms. The van der Waals surface area contributed by atoms with Crippen LogP contribution >= 0.6 is 24.0 Å². The Hall–Kier alpha value is -0.780. The van der Waals surface area contributed by atoms with Gasteiger partial charge in [-0.3, -0.25) is 0 Å². The van der Waals surface area contributed by atoms with Crippen molar-refractivity contribution in [1.82, 2.24) is 0 Å². The predicted octanol–water partition coefficient (Wildman–Crippen LogP) is 2.63. The van der Waals surface area contributed by atoms with Crippen molar-refractivity contribution in [1.29, 1.82) is 0 Å². The molecular formula is C13H18N2OS2. The zero-order valence-corrected chi connectivity index (χ0v) is 12.1. The summed E-state index contributed by atoms with van der Waals surface area (Å²) < 4.78 is 5.48. The molecule has 1 unspecified atom stereocenters. The van der Waals surface area contributed by atoms with Crippen molar-refractivity contribution in [3.8, 4) is 0 Å². The molecule has 0 saturated carbocycles. The van der Waals surface area contributed by atoms with Crippen molar-refractivity contribution >= 4 is 34.7 Å². The number of hydrogen-bond donors (Lipinski definition) is 2. The van der Waals surface area contributed by atoms with Gasteiger partial charge in [0.05, 0.1) is 6.61 Å². The Labute approximate surface area is 117 Å². The maximum absolute atomic E-state index is 5.84.